The van der Waals surface area contributed by atoms with Gasteiger partial charge >= 0.3 is 0 Å². The van der Waals surface area contributed by atoms with Crippen LogP contribution in [0.15, 0.2) is 54.6 Å². The molecule has 5 nitrogen and oxygen atoms in total. The third-order valence-corrected chi connectivity index (χ3v) is 5.23. The minimum atomic E-state index is -0.572. The van der Waals surface area contributed by atoms with E-state index in [0.717, 1.165) is 17.7 Å². The van der Waals surface area contributed by atoms with Gasteiger partial charge in [-0.1, -0.05) is 48.9 Å². The summed E-state index contributed by atoms with van der Waals surface area (Å²) in [7, 11) is 0. The van der Waals surface area contributed by atoms with Crippen LogP contribution in [0.3, 0.4) is 0 Å². The average molecular weight is 431 g/mol. The average Bonchev–Trinajstić information content (AvgIpc) is 2.76. The van der Waals surface area contributed by atoms with Gasteiger partial charge in [0.1, 0.15) is 11.8 Å². The smallest absolute Gasteiger partial charge is 0.242 e. The molecule has 2 rings (SSSR count). The van der Waals surface area contributed by atoms with Crippen LogP contribution in [-0.2, 0) is 16.1 Å². The first-order valence-corrected chi connectivity index (χ1v) is 10.8. The summed E-state index contributed by atoms with van der Waals surface area (Å²) in [5.74, 6) is 0.560. The first kappa shape index (κ1) is 23.7. The lowest BCUT2D eigenvalue weighted by atomic mass is 10.1. The summed E-state index contributed by atoms with van der Waals surface area (Å²) >= 11 is 5.97. The van der Waals surface area contributed by atoms with Crippen LogP contribution in [0.2, 0.25) is 5.02 Å². The quantitative estimate of drug-likeness (QED) is 0.519. The molecule has 162 valence electrons. The highest BCUT2D eigenvalue weighted by molar-refractivity contribution is 6.30. The number of carbonyl (C=O) groups excluding carboxylic acids is 2. The van der Waals surface area contributed by atoms with Crippen LogP contribution >= 0.6 is 11.6 Å². The minimum Gasteiger partial charge on any atom is -0.494 e. The Morgan fingerprint density at radius 3 is 2.37 bits per heavy atom. The fourth-order valence-corrected chi connectivity index (χ4v) is 3.03. The van der Waals surface area contributed by atoms with Gasteiger partial charge in [-0.05, 0) is 56.5 Å². The van der Waals surface area contributed by atoms with Crippen LogP contribution in [0.1, 0.15) is 45.6 Å². The molecule has 2 aromatic rings. The molecule has 0 aromatic heterocycles. The van der Waals surface area contributed by atoms with Crippen LogP contribution in [0.4, 0.5) is 0 Å². The number of carbonyl (C=O) groups is 2. The lowest BCUT2D eigenvalue weighted by Gasteiger charge is -2.29. The molecule has 0 spiro atoms. The van der Waals surface area contributed by atoms with E-state index < -0.39 is 6.04 Å². The molecule has 2 aromatic carbocycles. The number of nitrogens with zero attached hydrogens (tertiary/aromatic N) is 1. The summed E-state index contributed by atoms with van der Waals surface area (Å²) in [5, 5.41) is 3.61. The number of amides is 2. The summed E-state index contributed by atoms with van der Waals surface area (Å²) in [4.78, 5) is 27.3. The summed E-state index contributed by atoms with van der Waals surface area (Å²) in [6.07, 6.45) is 1.71. The summed E-state index contributed by atoms with van der Waals surface area (Å²) < 4.78 is 5.68. The van der Waals surface area contributed by atoms with E-state index in [2.05, 4.69) is 5.32 Å². The van der Waals surface area contributed by atoms with Crippen LogP contribution in [0.5, 0.6) is 5.75 Å². The maximum atomic E-state index is 13.0. The summed E-state index contributed by atoms with van der Waals surface area (Å²) in [6.45, 7) is 6.53. The van der Waals surface area contributed by atoms with Crippen molar-refractivity contribution in [2.45, 2.75) is 58.7 Å². The van der Waals surface area contributed by atoms with Crippen LogP contribution in [0.25, 0.3) is 0 Å². The molecule has 0 radical (unpaired) electrons. The first-order chi connectivity index (χ1) is 14.4. The zero-order valence-electron chi connectivity index (χ0n) is 17.9. The van der Waals surface area contributed by atoms with Crippen molar-refractivity contribution in [1.29, 1.82) is 0 Å². The Morgan fingerprint density at radius 1 is 1.07 bits per heavy atom. The van der Waals surface area contributed by atoms with Crippen LogP contribution < -0.4 is 10.1 Å². The molecule has 1 N–H and O–H groups in total. The first-order valence-electron chi connectivity index (χ1n) is 10.4. The van der Waals surface area contributed by atoms with E-state index >= 15 is 0 Å². The normalized spacial score (nSPS) is 12.7. The zero-order valence-corrected chi connectivity index (χ0v) is 18.7. The minimum absolute atomic E-state index is 0.0618. The van der Waals surface area contributed by atoms with Crippen molar-refractivity contribution in [3.05, 3.63) is 65.2 Å². The van der Waals surface area contributed by atoms with Crippen molar-refractivity contribution >= 4 is 23.4 Å². The van der Waals surface area contributed by atoms with Gasteiger partial charge in [0.2, 0.25) is 11.8 Å². The maximum Gasteiger partial charge on any atom is 0.242 e. The number of para-hydroxylation sites is 1. The van der Waals surface area contributed by atoms with Gasteiger partial charge in [-0.15, -0.1) is 0 Å². The predicted molar refractivity (Wildman–Crippen MR) is 121 cm³/mol. The highest BCUT2D eigenvalue weighted by atomic mass is 35.5. The van der Waals surface area contributed by atoms with Crippen LogP contribution in [-0.4, -0.2) is 35.4 Å². The molecule has 0 bridgehead atoms. The van der Waals surface area contributed by atoms with Crippen molar-refractivity contribution in [1.82, 2.24) is 10.2 Å². The highest BCUT2D eigenvalue weighted by Crippen LogP contribution is 2.16. The Hall–Kier alpha value is -2.53. The molecule has 0 saturated carbocycles. The second-order valence-corrected chi connectivity index (χ2v) is 7.84. The number of hydrogen-bond donors (Lipinski definition) is 1. The lowest BCUT2D eigenvalue weighted by Crippen LogP contribution is -2.49. The van der Waals surface area contributed by atoms with Gasteiger partial charge in [-0.3, -0.25) is 9.59 Å². The van der Waals surface area contributed by atoms with E-state index in [1.54, 1.807) is 24.0 Å². The van der Waals surface area contributed by atoms with Gasteiger partial charge in [0.25, 0.3) is 0 Å². The number of halogens is 1. The molecule has 2 atom stereocenters. The van der Waals surface area contributed by atoms with Crippen molar-refractivity contribution in [2.24, 2.45) is 0 Å². The summed E-state index contributed by atoms with van der Waals surface area (Å²) in [5.41, 5.74) is 0.927. The van der Waals surface area contributed by atoms with Gasteiger partial charge in [0.05, 0.1) is 6.61 Å². The van der Waals surface area contributed by atoms with E-state index in [4.69, 9.17) is 16.3 Å². The van der Waals surface area contributed by atoms with Gasteiger partial charge in [-0.2, -0.15) is 0 Å². The Kier molecular flexibility index (Phi) is 9.68. The molecular formula is C24H31ClN2O3. The summed E-state index contributed by atoms with van der Waals surface area (Å²) in [6, 6.07) is 16.3. The number of hydrogen-bond acceptors (Lipinski definition) is 3. The third-order valence-electron chi connectivity index (χ3n) is 4.98. The molecule has 30 heavy (non-hydrogen) atoms. The molecule has 0 aliphatic rings. The van der Waals surface area contributed by atoms with Gasteiger partial charge in [-0.25, -0.2) is 0 Å². The molecular weight excluding hydrogens is 400 g/mol. The highest BCUT2D eigenvalue weighted by Gasteiger charge is 2.26. The monoisotopic (exact) mass is 430 g/mol. The Labute approximate surface area is 184 Å². The molecule has 2 amide bonds. The number of nitrogens with one attached hydrogen (secondary N) is 1. The molecule has 0 aliphatic heterocycles. The largest absolute Gasteiger partial charge is 0.494 e. The number of benzene rings is 2. The second kappa shape index (κ2) is 12.2. The third kappa shape index (κ3) is 7.71. The van der Waals surface area contributed by atoms with Gasteiger partial charge < -0.3 is 15.0 Å². The molecule has 0 fully saturated rings. The molecule has 0 aliphatic carbocycles. The van der Waals surface area contributed by atoms with E-state index in [9.17, 15) is 9.59 Å². The van der Waals surface area contributed by atoms with Crippen molar-refractivity contribution in [2.75, 3.05) is 6.61 Å². The lowest BCUT2D eigenvalue weighted by molar-refractivity contribution is -0.141. The molecule has 0 saturated heterocycles. The number of ether oxygens (including phenoxy) is 1. The Morgan fingerprint density at radius 2 is 1.73 bits per heavy atom. The van der Waals surface area contributed by atoms with Gasteiger partial charge in [0, 0.05) is 24.0 Å². The Balaban J connectivity index is 2.00. The molecule has 0 heterocycles. The van der Waals surface area contributed by atoms with Crippen molar-refractivity contribution in [3.8, 4) is 5.75 Å². The Bertz CT molecular complexity index is 796. The number of rotatable bonds is 11. The van der Waals surface area contributed by atoms with E-state index in [1.807, 2.05) is 56.3 Å². The second-order valence-electron chi connectivity index (χ2n) is 7.41. The van der Waals surface area contributed by atoms with Crippen LogP contribution in [0, 0.1) is 0 Å². The van der Waals surface area contributed by atoms with E-state index in [0.29, 0.717) is 31.0 Å². The van der Waals surface area contributed by atoms with E-state index in [-0.39, 0.29) is 17.9 Å². The standard InChI is InChI=1S/C24H31ClN2O3/c1-4-18(2)26-24(29)19(3)27(17-20-12-14-21(25)15-13-20)23(28)11-8-16-30-22-9-6-5-7-10-22/h5-7,9-10,12-15,18-19H,4,8,11,16-17H2,1-3H3,(H,26,29)/t18-,19+/m1/s1. The molecule has 0 unspecified atom stereocenters. The maximum absolute atomic E-state index is 13.0. The van der Waals surface area contributed by atoms with E-state index in [1.165, 1.54) is 0 Å². The van der Waals surface area contributed by atoms with Crippen molar-refractivity contribution in [3.63, 3.8) is 0 Å². The zero-order chi connectivity index (χ0) is 21.9. The SMILES string of the molecule is CC[C@@H](C)NC(=O)[C@H](C)N(Cc1ccc(Cl)cc1)C(=O)CCCOc1ccccc1. The fraction of sp³-hybridized carbons (Fsp3) is 0.417. The fourth-order valence-electron chi connectivity index (χ4n) is 2.91. The predicted octanol–water partition coefficient (Wildman–Crippen LogP) is 4.83. The van der Waals surface area contributed by atoms with Crippen molar-refractivity contribution < 1.29 is 14.3 Å². The van der Waals surface area contributed by atoms with Gasteiger partial charge in [0.15, 0.2) is 0 Å². The topological polar surface area (TPSA) is 58.6 Å². The molecule has 6 heteroatoms.